The van der Waals surface area contributed by atoms with E-state index in [2.05, 4.69) is 13.8 Å². The van der Waals surface area contributed by atoms with Crippen LogP contribution in [0.5, 0.6) is 0 Å². The van der Waals surface area contributed by atoms with E-state index >= 15 is 0 Å². The molecule has 0 spiro atoms. The van der Waals surface area contributed by atoms with Crippen LogP contribution in [0.25, 0.3) is 0 Å². The molecule has 24 heavy (non-hydrogen) atoms. The molecule has 0 aliphatic heterocycles. The molecule has 4 rings (SSSR count). The Kier molecular flexibility index (Phi) is 3.57. The summed E-state index contributed by atoms with van der Waals surface area (Å²) in [6.07, 6.45) is 4.30. The van der Waals surface area contributed by atoms with Gasteiger partial charge in [0.05, 0.1) is 11.7 Å². The lowest BCUT2D eigenvalue weighted by molar-refractivity contribution is -0.184. The fraction of sp³-hybridized carbons (Fsp3) is 0.950. The van der Waals surface area contributed by atoms with E-state index in [0.717, 1.165) is 38.5 Å². The van der Waals surface area contributed by atoms with Crippen LogP contribution in [0.15, 0.2) is 0 Å². The smallest absolute Gasteiger partial charge is 0.170 e. The second kappa shape index (κ2) is 5.05. The number of ketones is 1. The molecule has 0 aromatic rings. The summed E-state index contributed by atoms with van der Waals surface area (Å²) in [6, 6.07) is 0. The van der Waals surface area contributed by atoms with Gasteiger partial charge in [-0.2, -0.15) is 0 Å². The first-order valence-electron chi connectivity index (χ1n) is 9.76. The summed E-state index contributed by atoms with van der Waals surface area (Å²) in [4.78, 5) is 13.0. The van der Waals surface area contributed by atoms with Crippen LogP contribution in [0.2, 0.25) is 0 Å². The maximum absolute atomic E-state index is 13.0. The zero-order valence-corrected chi connectivity index (χ0v) is 15.2. The predicted octanol–water partition coefficient (Wildman–Crippen LogP) is 2.29. The number of hydrogen-bond acceptors (Lipinski definition) is 4. The molecule has 0 heterocycles. The average molecular weight is 336 g/mol. The third-order valence-electron chi connectivity index (χ3n) is 9.16. The van der Waals surface area contributed by atoms with Crippen LogP contribution < -0.4 is 0 Å². The van der Waals surface area contributed by atoms with Crippen molar-refractivity contribution in [3.8, 4) is 0 Å². The van der Waals surface area contributed by atoms with Crippen molar-refractivity contribution < 1.29 is 20.1 Å². The highest BCUT2D eigenvalue weighted by atomic mass is 16.3. The Morgan fingerprint density at radius 2 is 1.62 bits per heavy atom. The monoisotopic (exact) mass is 336 g/mol. The third-order valence-corrected chi connectivity index (χ3v) is 9.16. The highest BCUT2D eigenvalue weighted by molar-refractivity contribution is 5.90. The molecule has 136 valence electrons. The quantitative estimate of drug-likeness (QED) is 0.634. The van der Waals surface area contributed by atoms with Crippen molar-refractivity contribution >= 4 is 5.78 Å². The number of hydrogen-bond donors (Lipinski definition) is 3. The Labute approximate surface area is 144 Å². The molecule has 0 aromatic heterocycles. The van der Waals surface area contributed by atoms with Gasteiger partial charge in [0.15, 0.2) is 5.78 Å². The Bertz CT molecular complexity index is 558. The third kappa shape index (κ3) is 1.88. The standard InChI is InChI=1S/C20H32O4/c1-18-8-6-14-12(13(18)7-9-19(18,2)24)5-4-11-10-15(21)16(22)17(23)20(11,14)3/h11-16,21-22,24H,4-10H2,1-3H3/t11?,12-,13-,14+,15?,16?,18-,19?,20-/m0/s1. The SMILES string of the molecule is CC1(O)CC[C@H]2[C@@H]3CCC4CC(O)C(O)C(=O)[C@]4(C)[C@@H]3CC[C@@]21C. The summed E-state index contributed by atoms with van der Waals surface area (Å²) in [5.41, 5.74) is -1.16. The molecule has 4 fully saturated rings. The Balaban J connectivity index is 1.70. The molecule has 4 heteroatoms. The highest BCUT2D eigenvalue weighted by Crippen LogP contribution is 2.67. The molecule has 0 saturated heterocycles. The predicted molar refractivity (Wildman–Crippen MR) is 90.1 cm³/mol. The number of carbonyl (C=O) groups excluding carboxylic acids is 1. The van der Waals surface area contributed by atoms with Crippen LogP contribution in [0.3, 0.4) is 0 Å². The number of rotatable bonds is 0. The molecule has 0 amide bonds. The largest absolute Gasteiger partial charge is 0.390 e. The summed E-state index contributed by atoms with van der Waals surface area (Å²) in [6.45, 7) is 6.30. The van der Waals surface area contributed by atoms with Crippen LogP contribution in [0.4, 0.5) is 0 Å². The van der Waals surface area contributed by atoms with Crippen molar-refractivity contribution in [1.29, 1.82) is 0 Å². The summed E-state index contributed by atoms with van der Waals surface area (Å²) >= 11 is 0. The van der Waals surface area contributed by atoms with Gasteiger partial charge in [0, 0.05) is 5.41 Å². The topological polar surface area (TPSA) is 77.8 Å². The van der Waals surface area contributed by atoms with Crippen molar-refractivity contribution in [3.05, 3.63) is 0 Å². The van der Waals surface area contributed by atoms with E-state index in [1.54, 1.807) is 0 Å². The van der Waals surface area contributed by atoms with Crippen molar-refractivity contribution in [2.45, 2.75) is 83.5 Å². The number of aliphatic hydroxyl groups is 3. The van der Waals surface area contributed by atoms with E-state index in [1.165, 1.54) is 0 Å². The van der Waals surface area contributed by atoms with Crippen molar-refractivity contribution in [1.82, 2.24) is 0 Å². The first kappa shape index (κ1) is 17.0. The van der Waals surface area contributed by atoms with E-state index in [-0.39, 0.29) is 23.0 Å². The minimum atomic E-state index is -1.22. The van der Waals surface area contributed by atoms with Gasteiger partial charge >= 0.3 is 0 Å². The van der Waals surface area contributed by atoms with Crippen LogP contribution in [-0.4, -0.2) is 38.9 Å². The maximum Gasteiger partial charge on any atom is 0.170 e. The lowest BCUT2D eigenvalue weighted by atomic mass is 9.44. The first-order valence-corrected chi connectivity index (χ1v) is 9.76. The molecule has 4 unspecified atom stereocenters. The Morgan fingerprint density at radius 3 is 2.33 bits per heavy atom. The van der Waals surface area contributed by atoms with Crippen molar-refractivity contribution in [2.75, 3.05) is 0 Å². The molecular weight excluding hydrogens is 304 g/mol. The molecule has 3 N–H and O–H groups in total. The van der Waals surface area contributed by atoms with Crippen LogP contribution >= 0.6 is 0 Å². The molecule has 0 aromatic carbocycles. The van der Waals surface area contributed by atoms with Gasteiger partial charge in [-0.3, -0.25) is 4.79 Å². The van der Waals surface area contributed by atoms with Gasteiger partial charge in [-0.05, 0) is 81.0 Å². The van der Waals surface area contributed by atoms with Crippen molar-refractivity contribution in [3.63, 3.8) is 0 Å². The maximum atomic E-state index is 13.0. The van der Waals surface area contributed by atoms with Gasteiger partial charge in [0.2, 0.25) is 0 Å². The van der Waals surface area contributed by atoms with E-state index in [0.29, 0.717) is 18.3 Å². The summed E-state index contributed by atoms with van der Waals surface area (Å²) < 4.78 is 0. The highest BCUT2D eigenvalue weighted by Gasteiger charge is 2.65. The molecule has 0 bridgehead atoms. The van der Waals surface area contributed by atoms with E-state index in [1.807, 2.05) is 6.92 Å². The van der Waals surface area contributed by atoms with Crippen molar-refractivity contribution in [2.24, 2.45) is 34.5 Å². The number of fused-ring (bicyclic) bond motifs is 5. The van der Waals surface area contributed by atoms with Gasteiger partial charge in [0.25, 0.3) is 0 Å². The Morgan fingerprint density at radius 1 is 0.958 bits per heavy atom. The van der Waals surface area contributed by atoms with Gasteiger partial charge in [-0.25, -0.2) is 0 Å². The lowest BCUT2D eigenvalue weighted by Crippen LogP contribution is -2.62. The molecule has 4 aliphatic rings. The first-order chi connectivity index (χ1) is 11.1. The van der Waals surface area contributed by atoms with E-state index < -0.39 is 23.2 Å². The fourth-order valence-electron chi connectivity index (χ4n) is 7.33. The second-order valence-electron chi connectivity index (χ2n) is 9.81. The minimum Gasteiger partial charge on any atom is -0.390 e. The molecule has 4 saturated carbocycles. The zero-order valence-electron chi connectivity index (χ0n) is 15.2. The fourth-order valence-corrected chi connectivity index (χ4v) is 7.33. The van der Waals surface area contributed by atoms with Gasteiger partial charge in [-0.15, -0.1) is 0 Å². The summed E-state index contributed by atoms with van der Waals surface area (Å²) in [5.74, 6) is 1.29. The average Bonchev–Trinajstić information content (AvgIpc) is 2.77. The summed E-state index contributed by atoms with van der Waals surface area (Å²) in [5, 5.41) is 31.2. The normalized spacial score (nSPS) is 60.3. The van der Waals surface area contributed by atoms with Crippen LogP contribution in [0, 0.1) is 34.5 Å². The molecular formula is C20H32O4. The lowest BCUT2D eigenvalue weighted by Gasteiger charge is -2.60. The Hall–Kier alpha value is -0.450. The van der Waals surface area contributed by atoms with Crippen LogP contribution in [-0.2, 0) is 4.79 Å². The number of carbonyl (C=O) groups is 1. The van der Waals surface area contributed by atoms with Gasteiger partial charge in [0.1, 0.15) is 6.10 Å². The second-order valence-corrected chi connectivity index (χ2v) is 9.81. The van der Waals surface area contributed by atoms with Gasteiger partial charge in [-0.1, -0.05) is 13.8 Å². The number of aliphatic hydroxyl groups excluding tert-OH is 2. The molecule has 4 aliphatic carbocycles. The molecule has 4 nitrogen and oxygen atoms in total. The molecule has 0 radical (unpaired) electrons. The van der Waals surface area contributed by atoms with E-state index in [4.69, 9.17) is 0 Å². The zero-order chi connectivity index (χ0) is 17.5. The molecule has 9 atom stereocenters. The number of Topliss-reactive ketones (excluding diaryl/α,β-unsaturated/α-hetero) is 1. The summed E-state index contributed by atoms with van der Waals surface area (Å²) in [7, 11) is 0. The minimum absolute atomic E-state index is 0.0484. The van der Waals surface area contributed by atoms with Crippen LogP contribution in [0.1, 0.15) is 65.7 Å². The van der Waals surface area contributed by atoms with Gasteiger partial charge < -0.3 is 15.3 Å². The van der Waals surface area contributed by atoms with E-state index in [9.17, 15) is 20.1 Å².